The van der Waals surface area contributed by atoms with Gasteiger partial charge in [-0.2, -0.15) is 22.0 Å². The molecular formula is C18H23N3OS. The number of benzene rings is 1. The van der Waals surface area contributed by atoms with E-state index in [4.69, 9.17) is 0 Å². The van der Waals surface area contributed by atoms with Crippen molar-refractivity contribution in [3.05, 3.63) is 59.4 Å². The molecule has 0 aliphatic rings. The van der Waals surface area contributed by atoms with Gasteiger partial charge in [-0.05, 0) is 29.9 Å². The summed E-state index contributed by atoms with van der Waals surface area (Å²) in [7, 11) is 0. The Kier molecular flexibility index (Phi) is 6.59. The molecule has 1 amide bonds. The van der Waals surface area contributed by atoms with E-state index >= 15 is 0 Å². The van der Waals surface area contributed by atoms with Crippen LogP contribution in [0.1, 0.15) is 49.2 Å². The number of hydrogen-bond donors (Lipinski definition) is 1. The summed E-state index contributed by atoms with van der Waals surface area (Å²) in [4.78, 5) is 12.2. The summed E-state index contributed by atoms with van der Waals surface area (Å²) in [5, 5.41) is 11.7. The summed E-state index contributed by atoms with van der Waals surface area (Å²) in [6.07, 6.45) is 2.50. The predicted octanol–water partition coefficient (Wildman–Crippen LogP) is 3.56. The summed E-state index contributed by atoms with van der Waals surface area (Å²) in [6, 6.07) is 13.6. The molecule has 0 aliphatic carbocycles. The van der Waals surface area contributed by atoms with E-state index in [1.165, 1.54) is 0 Å². The van der Waals surface area contributed by atoms with E-state index in [2.05, 4.69) is 29.4 Å². The summed E-state index contributed by atoms with van der Waals surface area (Å²) in [6.45, 7) is 4.17. The van der Waals surface area contributed by atoms with Gasteiger partial charge in [-0.3, -0.25) is 4.79 Å². The Hall–Kier alpha value is -1.88. The third-order valence-electron chi connectivity index (χ3n) is 3.56. The van der Waals surface area contributed by atoms with Gasteiger partial charge in [0.1, 0.15) is 0 Å². The fraction of sp³-hybridized carbons (Fsp3) is 0.389. The smallest absolute Gasteiger partial charge is 0.221 e. The molecule has 0 unspecified atom stereocenters. The molecule has 0 aliphatic heterocycles. The first-order chi connectivity index (χ1) is 11.1. The molecule has 2 aromatic rings. The highest BCUT2D eigenvalue weighted by Gasteiger charge is 2.18. The van der Waals surface area contributed by atoms with Crippen LogP contribution in [0.15, 0.2) is 42.5 Å². The molecule has 0 saturated carbocycles. The molecule has 1 N–H and O–H groups in total. The molecular weight excluding hydrogens is 306 g/mol. The highest BCUT2D eigenvalue weighted by Crippen LogP contribution is 2.21. The van der Waals surface area contributed by atoms with Gasteiger partial charge < -0.3 is 5.32 Å². The van der Waals surface area contributed by atoms with Crippen LogP contribution in [0.2, 0.25) is 0 Å². The average molecular weight is 329 g/mol. The minimum atomic E-state index is -0.265. The molecule has 1 heterocycles. The fourth-order valence-electron chi connectivity index (χ4n) is 2.22. The fourth-order valence-corrected chi connectivity index (χ4v) is 2.61. The second kappa shape index (κ2) is 8.67. The normalized spacial score (nSPS) is 12.2. The lowest BCUT2D eigenvalue weighted by atomic mass is 10.0. The van der Waals surface area contributed by atoms with Crippen LogP contribution in [-0.2, 0) is 4.79 Å². The van der Waals surface area contributed by atoms with Gasteiger partial charge in [0.2, 0.25) is 5.91 Å². The van der Waals surface area contributed by atoms with Crippen molar-refractivity contribution >= 4 is 17.7 Å². The maximum Gasteiger partial charge on any atom is 0.221 e. The Morgan fingerprint density at radius 1 is 1.09 bits per heavy atom. The molecule has 0 radical (unpaired) electrons. The highest BCUT2D eigenvalue weighted by molar-refractivity contribution is 7.98. The molecule has 5 heteroatoms. The van der Waals surface area contributed by atoms with Crippen molar-refractivity contribution in [3.8, 4) is 0 Å². The third-order valence-corrected chi connectivity index (χ3v) is 4.18. The molecule has 1 aromatic heterocycles. The van der Waals surface area contributed by atoms with Crippen molar-refractivity contribution in [1.29, 1.82) is 0 Å². The van der Waals surface area contributed by atoms with Gasteiger partial charge in [0.25, 0.3) is 0 Å². The van der Waals surface area contributed by atoms with Gasteiger partial charge in [0, 0.05) is 12.2 Å². The van der Waals surface area contributed by atoms with Crippen LogP contribution < -0.4 is 5.32 Å². The Balaban J connectivity index is 2.24. The number of rotatable bonds is 7. The van der Waals surface area contributed by atoms with E-state index in [-0.39, 0.29) is 11.9 Å². The van der Waals surface area contributed by atoms with E-state index in [1.807, 2.05) is 48.7 Å². The predicted molar refractivity (Wildman–Crippen MR) is 95.5 cm³/mol. The van der Waals surface area contributed by atoms with Crippen LogP contribution >= 0.6 is 11.8 Å². The second-order valence-electron chi connectivity index (χ2n) is 5.69. The number of nitrogens with zero attached hydrogens (tertiary/aromatic N) is 2. The van der Waals surface area contributed by atoms with E-state index in [0.717, 1.165) is 22.7 Å². The molecule has 0 saturated heterocycles. The Morgan fingerprint density at radius 2 is 1.74 bits per heavy atom. The highest BCUT2D eigenvalue weighted by atomic mass is 32.2. The second-order valence-corrected chi connectivity index (χ2v) is 6.68. The maximum absolute atomic E-state index is 12.2. The summed E-state index contributed by atoms with van der Waals surface area (Å²) < 4.78 is 0. The number of carbonyl (C=O) groups excluding carboxylic acids is 1. The zero-order chi connectivity index (χ0) is 16.7. The van der Waals surface area contributed by atoms with Crippen molar-refractivity contribution < 1.29 is 4.79 Å². The largest absolute Gasteiger partial charge is 0.344 e. The number of nitrogens with one attached hydrogen (secondary N) is 1. The monoisotopic (exact) mass is 329 g/mol. The van der Waals surface area contributed by atoms with Crippen LogP contribution in [0, 0.1) is 0 Å². The van der Waals surface area contributed by atoms with Crippen LogP contribution in [0.5, 0.6) is 0 Å². The molecule has 4 nitrogen and oxygen atoms in total. The Labute approximate surface area is 142 Å². The molecule has 23 heavy (non-hydrogen) atoms. The number of hydrogen-bond acceptors (Lipinski definition) is 4. The van der Waals surface area contributed by atoms with Crippen molar-refractivity contribution in [2.45, 2.75) is 32.2 Å². The molecule has 1 atom stereocenters. The van der Waals surface area contributed by atoms with Gasteiger partial charge in [-0.1, -0.05) is 44.2 Å². The minimum Gasteiger partial charge on any atom is -0.344 e. The van der Waals surface area contributed by atoms with E-state index < -0.39 is 0 Å². The summed E-state index contributed by atoms with van der Waals surface area (Å²) >= 11 is 1.67. The molecule has 0 spiro atoms. The van der Waals surface area contributed by atoms with Gasteiger partial charge in [0.15, 0.2) is 0 Å². The molecule has 1 aromatic carbocycles. The van der Waals surface area contributed by atoms with E-state index in [1.54, 1.807) is 11.8 Å². The lowest BCUT2D eigenvalue weighted by Gasteiger charge is -2.19. The maximum atomic E-state index is 12.2. The molecule has 0 fully saturated rings. The van der Waals surface area contributed by atoms with Crippen LogP contribution in [0.25, 0.3) is 0 Å². The minimum absolute atomic E-state index is 0.0305. The Morgan fingerprint density at radius 3 is 2.30 bits per heavy atom. The number of aromatic nitrogens is 2. The first-order valence-corrected chi connectivity index (χ1v) is 9.18. The number of amides is 1. The molecule has 122 valence electrons. The van der Waals surface area contributed by atoms with Crippen molar-refractivity contribution in [2.75, 3.05) is 12.0 Å². The standard InChI is InChI=1S/C18H23N3OS/c1-13(2)15-9-10-16(21-20-15)18(14-7-5-4-6-8-14)19-17(22)11-12-23-3/h4-10,13,18H,11-12H2,1-3H3,(H,19,22)/t18-/m0/s1. The molecule has 2 rings (SSSR count). The van der Waals surface area contributed by atoms with E-state index in [0.29, 0.717) is 12.3 Å². The zero-order valence-electron chi connectivity index (χ0n) is 13.8. The first-order valence-electron chi connectivity index (χ1n) is 7.78. The van der Waals surface area contributed by atoms with Crippen molar-refractivity contribution in [1.82, 2.24) is 15.5 Å². The van der Waals surface area contributed by atoms with Crippen LogP contribution in [-0.4, -0.2) is 28.1 Å². The lowest BCUT2D eigenvalue weighted by molar-refractivity contribution is -0.121. The van der Waals surface area contributed by atoms with Crippen LogP contribution in [0.4, 0.5) is 0 Å². The Bertz CT molecular complexity index is 614. The first kappa shape index (κ1) is 17.5. The number of thioether (sulfide) groups is 1. The van der Waals surface area contributed by atoms with Gasteiger partial charge in [-0.15, -0.1) is 0 Å². The lowest BCUT2D eigenvalue weighted by Crippen LogP contribution is -2.30. The molecule has 0 bridgehead atoms. The van der Waals surface area contributed by atoms with Gasteiger partial charge in [0.05, 0.1) is 17.4 Å². The van der Waals surface area contributed by atoms with Gasteiger partial charge >= 0.3 is 0 Å². The quantitative estimate of drug-likeness (QED) is 0.844. The summed E-state index contributed by atoms with van der Waals surface area (Å²) in [5.74, 6) is 1.18. The average Bonchev–Trinajstić information content (AvgIpc) is 2.58. The van der Waals surface area contributed by atoms with E-state index in [9.17, 15) is 4.79 Å². The summed E-state index contributed by atoms with van der Waals surface area (Å²) in [5.41, 5.74) is 2.73. The third kappa shape index (κ3) is 5.06. The van der Waals surface area contributed by atoms with Crippen LogP contribution in [0.3, 0.4) is 0 Å². The zero-order valence-corrected chi connectivity index (χ0v) is 14.6. The number of carbonyl (C=O) groups is 1. The van der Waals surface area contributed by atoms with Crippen molar-refractivity contribution in [2.24, 2.45) is 0 Å². The van der Waals surface area contributed by atoms with Gasteiger partial charge in [-0.25, -0.2) is 0 Å². The van der Waals surface area contributed by atoms with Crippen molar-refractivity contribution in [3.63, 3.8) is 0 Å². The SMILES string of the molecule is CSCCC(=O)N[C@@H](c1ccccc1)c1ccc(C(C)C)nn1. The topological polar surface area (TPSA) is 54.9 Å².